The van der Waals surface area contributed by atoms with Crippen LogP contribution in [0.3, 0.4) is 0 Å². The molecule has 33 heavy (non-hydrogen) atoms. The number of benzene rings is 3. The number of anilines is 1. The lowest BCUT2D eigenvalue weighted by molar-refractivity contribution is -0.119. The van der Waals surface area contributed by atoms with Crippen LogP contribution in [0.5, 0.6) is 0 Å². The Morgan fingerprint density at radius 1 is 0.848 bits per heavy atom. The lowest BCUT2D eigenvalue weighted by Crippen LogP contribution is -2.23. The van der Waals surface area contributed by atoms with Gasteiger partial charge in [-0.15, -0.1) is 0 Å². The van der Waals surface area contributed by atoms with Gasteiger partial charge >= 0.3 is 5.97 Å². The summed E-state index contributed by atoms with van der Waals surface area (Å²) in [6.07, 6.45) is 0. The molecule has 0 saturated carbocycles. The van der Waals surface area contributed by atoms with Gasteiger partial charge in [-0.1, -0.05) is 54.1 Å². The first-order valence-electron chi connectivity index (χ1n) is 9.99. The van der Waals surface area contributed by atoms with E-state index in [1.54, 1.807) is 48.5 Å². The van der Waals surface area contributed by atoms with Crippen molar-refractivity contribution in [3.63, 3.8) is 0 Å². The second-order valence-electron chi connectivity index (χ2n) is 7.45. The highest BCUT2D eigenvalue weighted by Gasteiger charge is 2.29. The van der Waals surface area contributed by atoms with Crippen LogP contribution in [-0.4, -0.2) is 35.0 Å². The van der Waals surface area contributed by atoms with E-state index in [4.69, 9.17) is 16.3 Å². The van der Waals surface area contributed by atoms with E-state index in [0.717, 1.165) is 0 Å². The molecule has 0 saturated heterocycles. The Morgan fingerprint density at radius 3 is 2.21 bits per heavy atom. The molecule has 1 aliphatic rings. The normalized spacial score (nSPS) is 12.3. The van der Waals surface area contributed by atoms with Crippen LogP contribution < -0.4 is 5.32 Å². The van der Waals surface area contributed by atoms with Gasteiger partial charge in [-0.25, -0.2) is 4.79 Å². The number of aromatic nitrogens is 1. The molecule has 0 unspecified atom stereocenters. The first-order valence-corrected chi connectivity index (χ1v) is 10.4. The van der Waals surface area contributed by atoms with Gasteiger partial charge in [0.2, 0.25) is 0 Å². The van der Waals surface area contributed by atoms with Crippen LogP contribution in [0.15, 0.2) is 66.7 Å². The number of amides is 1. The predicted octanol–water partition coefficient (Wildman–Crippen LogP) is 4.39. The molecule has 162 valence electrons. The van der Waals surface area contributed by atoms with E-state index in [1.165, 1.54) is 18.2 Å². The third-order valence-corrected chi connectivity index (χ3v) is 5.78. The fourth-order valence-corrected chi connectivity index (χ4v) is 4.12. The topological polar surface area (TPSA) is 105 Å². The number of esters is 1. The molecule has 1 aromatic heterocycles. The van der Waals surface area contributed by atoms with Crippen LogP contribution in [-0.2, 0) is 9.53 Å². The number of carbonyl (C=O) groups is 4. The zero-order valence-corrected chi connectivity index (χ0v) is 17.7. The Morgan fingerprint density at radius 2 is 1.48 bits per heavy atom. The van der Waals surface area contributed by atoms with Crippen molar-refractivity contribution in [3.05, 3.63) is 99.7 Å². The SMILES string of the molecule is O=C(COC(=O)c1[nH]c2ccccc2c1Cl)Nc1ccc2c(c1)C(=O)c1ccccc1C2=O. The van der Waals surface area contributed by atoms with E-state index >= 15 is 0 Å². The van der Waals surface area contributed by atoms with Gasteiger partial charge in [0.05, 0.1) is 5.02 Å². The van der Waals surface area contributed by atoms with Crippen LogP contribution >= 0.6 is 11.6 Å². The molecule has 0 aliphatic heterocycles. The molecule has 5 rings (SSSR count). The standard InChI is InChI=1S/C25H15ClN2O5/c26-21-17-7-3-4-8-19(17)28-22(21)25(32)33-12-20(29)27-13-9-10-16-18(11-13)24(31)15-6-2-1-5-14(15)23(16)30/h1-11,28H,12H2,(H,27,29). The molecule has 7 nitrogen and oxygen atoms in total. The number of halogens is 1. The Kier molecular flexibility index (Phi) is 5.03. The quantitative estimate of drug-likeness (QED) is 0.388. The minimum atomic E-state index is -0.769. The monoisotopic (exact) mass is 458 g/mol. The van der Waals surface area contributed by atoms with Crippen molar-refractivity contribution in [1.29, 1.82) is 0 Å². The Balaban J connectivity index is 1.29. The highest BCUT2D eigenvalue weighted by molar-refractivity contribution is 6.38. The average molecular weight is 459 g/mol. The zero-order chi connectivity index (χ0) is 23.1. The largest absolute Gasteiger partial charge is 0.451 e. The number of rotatable bonds is 4. The number of aromatic amines is 1. The maximum absolute atomic E-state index is 12.8. The van der Waals surface area contributed by atoms with Gasteiger partial charge < -0.3 is 15.0 Å². The average Bonchev–Trinajstić information content (AvgIpc) is 3.17. The number of nitrogens with one attached hydrogen (secondary N) is 2. The fourth-order valence-electron chi connectivity index (χ4n) is 3.83. The molecule has 0 bridgehead atoms. The third-order valence-electron chi connectivity index (χ3n) is 5.39. The van der Waals surface area contributed by atoms with Crippen molar-refractivity contribution in [2.45, 2.75) is 0 Å². The summed E-state index contributed by atoms with van der Waals surface area (Å²) in [5.74, 6) is -1.92. The summed E-state index contributed by atoms with van der Waals surface area (Å²) in [4.78, 5) is 53.1. The van der Waals surface area contributed by atoms with E-state index in [2.05, 4.69) is 10.3 Å². The third kappa shape index (κ3) is 3.58. The van der Waals surface area contributed by atoms with Gasteiger partial charge in [0, 0.05) is 38.8 Å². The summed E-state index contributed by atoms with van der Waals surface area (Å²) in [5.41, 5.74) is 2.20. The number of H-pyrrole nitrogens is 1. The van der Waals surface area contributed by atoms with Gasteiger partial charge in [0.15, 0.2) is 18.2 Å². The van der Waals surface area contributed by atoms with Crippen molar-refractivity contribution in [1.82, 2.24) is 4.98 Å². The van der Waals surface area contributed by atoms with Crippen molar-refractivity contribution in [2.24, 2.45) is 0 Å². The summed E-state index contributed by atoms with van der Waals surface area (Å²) >= 11 is 6.23. The maximum Gasteiger partial charge on any atom is 0.356 e. The molecule has 1 heterocycles. The molecule has 1 amide bonds. The fraction of sp³-hybridized carbons (Fsp3) is 0.0400. The Bertz CT molecular complexity index is 1490. The summed E-state index contributed by atoms with van der Waals surface area (Å²) in [5, 5.41) is 3.47. The Hall–Kier alpha value is -4.23. The molecule has 0 fully saturated rings. The van der Waals surface area contributed by atoms with E-state index in [-0.39, 0.29) is 33.4 Å². The number of hydrogen-bond donors (Lipinski definition) is 2. The molecule has 0 spiro atoms. The molecule has 1 aliphatic carbocycles. The molecule has 0 radical (unpaired) electrons. The number of fused-ring (bicyclic) bond motifs is 3. The van der Waals surface area contributed by atoms with E-state index < -0.39 is 18.5 Å². The molecule has 4 aromatic rings. The number of hydrogen-bond acceptors (Lipinski definition) is 5. The van der Waals surface area contributed by atoms with Gasteiger partial charge in [0.1, 0.15) is 5.69 Å². The molecule has 0 atom stereocenters. The zero-order valence-electron chi connectivity index (χ0n) is 17.0. The van der Waals surface area contributed by atoms with Gasteiger partial charge in [-0.2, -0.15) is 0 Å². The van der Waals surface area contributed by atoms with Crippen molar-refractivity contribution in [2.75, 3.05) is 11.9 Å². The molecule has 8 heteroatoms. The van der Waals surface area contributed by atoms with Crippen molar-refractivity contribution >= 4 is 51.6 Å². The molecular weight excluding hydrogens is 444 g/mol. The number of carbonyl (C=O) groups excluding carboxylic acids is 4. The molecule has 2 N–H and O–H groups in total. The van der Waals surface area contributed by atoms with E-state index in [0.29, 0.717) is 27.7 Å². The van der Waals surface area contributed by atoms with Crippen LogP contribution in [0, 0.1) is 0 Å². The van der Waals surface area contributed by atoms with Crippen LogP contribution in [0.25, 0.3) is 10.9 Å². The first-order chi connectivity index (χ1) is 15.9. The highest BCUT2D eigenvalue weighted by atomic mass is 35.5. The van der Waals surface area contributed by atoms with Gasteiger partial charge in [-0.3, -0.25) is 14.4 Å². The van der Waals surface area contributed by atoms with E-state index in [1.807, 2.05) is 0 Å². The van der Waals surface area contributed by atoms with Gasteiger partial charge in [-0.05, 0) is 24.3 Å². The summed E-state index contributed by atoms with van der Waals surface area (Å²) in [7, 11) is 0. The second kappa shape index (κ2) is 8.03. The summed E-state index contributed by atoms with van der Waals surface area (Å²) in [6.45, 7) is -0.558. The van der Waals surface area contributed by atoms with E-state index in [9.17, 15) is 19.2 Å². The molecule has 3 aromatic carbocycles. The second-order valence-corrected chi connectivity index (χ2v) is 7.83. The lowest BCUT2D eigenvalue weighted by Gasteiger charge is -2.18. The number of para-hydroxylation sites is 1. The smallest absolute Gasteiger partial charge is 0.356 e. The van der Waals surface area contributed by atoms with Crippen LogP contribution in [0.4, 0.5) is 5.69 Å². The number of ether oxygens (including phenoxy) is 1. The minimum Gasteiger partial charge on any atom is -0.451 e. The number of ketones is 2. The van der Waals surface area contributed by atoms with Crippen LogP contribution in [0.1, 0.15) is 42.3 Å². The van der Waals surface area contributed by atoms with Crippen molar-refractivity contribution in [3.8, 4) is 0 Å². The summed E-state index contributed by atoms with van der Waals surface area (Å²) < 4.78 is 5.08. The summed E-state index contributed by atoms with van der Waals surface area (Å²) in [6, 6.07) is 18.2. The van der Waals surface area contributed by atoms with Crippen molar-refractivity contribution < 1.29 is 23.9 Å². The maximum atomic E-state index is 12.8. The predicted molar refractivity (Wildman–Crippen MR) is 122 cm³/mol. The van der Waals surface area contributed by atoms with Crippen LogP contribution in [0.2, 0.25) is 5.02 Å². The minimum absolute atomic E-state index is 0.0576. The highest BCUT2D eigenvalue weighted by Crippen LogP contribution is 2.29. The van der Waals surface area contributed by atoms with Gasteiger partial charge in [0.25, 0.3) is 5.91 Å². The first kappa shape index (κ1) is 20.7. The molecular formula is C25H15ClN2O5. The lowest BCUT2D eigenvalue weighted by atomic mass is 9.84. The Labute approximate surface area is 192 Å².